The Balaban J connectivity index is 1.67. The number of aryl methyl sites for hydroxylation is 2. The van der Waals surface area contributed by atoms with Crippen molar-refractivity contribution >= 4 is 44.1 Å². The number of ketones is 1. The molecule has 5 rings (SSSR count). The van der Waals surface area contributed by atoms with Gasteiger partial charge >= 0.3 is 5.91 Å². The van der Waals surface area contributed by atoms with Gasteiger partial charge in [-0.15, -0.1) is 0 Å². The highest BCUT2D eigenvalue weighted by Gasteiger charge is 2.48. The van der Waals surface area contributed by atoms with Gasteiger partial charge in [-0.2, -0.15) is 0 Å². The van der Waals surface area contributed by atoms with Crippen LogP contribution in [0.15, 0.2) is 66.5 Å². The van der Waals surface area contributed by atoms with Crippen LogP contribution in [0.25, 0.3) is 16.0 Å². The van der Waals surface area contributed by atoms with E-state index in [1.165, 1.54) is 28.6 Å². The molecule has 1 atom stereocenters. The Labute approximate surface area is 225 Å². The highest BCUT2D eigenvalue weighted by molar-refractivity contribution is 7.22. The summed E-state index contributed by atoms with van der Waals surface area (Å²) in [5.74, 6) is -0.615. The van der Waals surface area contributed by atoms with Gasteiger partial charge in [0.2, 0.25) is 0 Å². The van der Waals surface area contributed by atoms with Gasteiger partial charge in [-0.3, -0.25) is 19.5 Å². The number of aromatic nitrogens is 2. The molecule has 0 aliphatic carbocycles. The first-order chi connectivity index (χ1) is 18.2. The van der Waals surface area contributed by atoms with Crippen LogP contribution in [0.1, 0.15) is 48.6 Å². The van der Waals surface area contributed by atoms with Crippen LogP contribution in [-0.2, 0) is 9.59 Å². The molecule has 1 aliphatic rings. The summed E-state index contributed by atoms with van der Waals surface area (Å²) in [7, 11) is 0. The number of benzene rings is 2. The second-order valence-electron chi connectivity index (χ2n) is 9.93. The molecule has 194 valence electrons. The Bertz CT molecular complexity index is 1560. The van der Waals surface area contributed by atoms with Crippen LogP contribution >= 0.6 is 11.3 Å². The van der Waals surface area contributed by atoms with E-state index >= 15 is 0 Å². The number of thiazole rings is 1. The van der Waals surface area contributed by atoms with Crippen molar-refractivity contribution in [3.8, 4) is 5.75 Å². The van der Waals surface area contributed by atoms with Gasteiger partial charge in [0, 0.05) is 18.0 Å². The van der Waals surface area contributed by atoms with Crippen molar-refractivity contribution in [2.75, 3.05) is 11.5 Å². The predicted molar refractivity (Wildman–Crippen MR) is 150 cm³/mol. The van der Waals surface area contributed by atoms with Gasteiger partial charge in [-0.1, -0.05) is 43.4 Å². The van der Waals surface area contributed by atoms with Gasteiger partial charge in [0.1, 0.15) is 11.5 Å². The number of Topliss-reactive ketones (excluding diaryl/α,β-unsaturated/α-hetero) is 1. The minimum atomic E-state index is -0.876. The normalized spacial score (nSPS) is 17.1. The van der Waals surface area contributed by atoms with E-state index in [-0.39, 0.29) is 11.3 Å². The summed E-state index contributed by atoms with van der Waals surface area (Å²) >= 11 is 1.35. The largest absolute Gasteiger partial charge is 0.507 e. The van der Waals surface area contributed by atoms with E-state index < -0.39 is 17.7 Å². The molecule has 1 N–H and O–H groups in total. The summed E-state index contributed by atoms with van der Waals surface area (Å²) in [5, 5.41) is 11.7. The summed E-state index contributed by atoms with van der Waals surface area (Å²) < 4.78 is 6.91. The molecule has 1 amide bonds. The van der Waals surface area contributed by atoms with Crippen LogP contribution in [0.4, 0.5) is 5.13 Å². The number of hydrogen-bond donors (Lipinski definition) is 1. The van der Waals surface area contributed by atoms with Gasteiger partial charge in [-0.25, -0.2) is 4.98 Å². The number of pyridine rings is 1. The van der Waals surface area contributed by atoms with E-state index in [1.54, 1.807) is 12.1 Å². The third-order valence-electron chi connectivity index (χ3n) is 6.56. The van der Waals surface area contributed by atoms with Crippen LogP contribution in [0.5, 0.6) is 5.75 Å². The molecule has 2 aromatic heterocycles. The van der Waals surface area contributed by atoms with Gasteiger partial charge in [-0.05, 0) is 73.2 Å². The Morgan fingerprint density at radius 1 is 1.11 bits per heavy atom. The third-order valence-corrected chi connectivity index (χ3v) is 7.56. The fourth-order valence-corrected chi connectivity index (χ4v) is 5.83. The van der Waals surface area contributed by atoms with Crippen molar-refractivity contribution in [3.63, 3.8) is 0 Å². The molecule has 1 aliphatic heterocycles. The predicted octanol–water partition coefficient (Wildman–Crippen LogP) is 6.36. The molecular weight excluding hydrogens is 498 g/mol. The minimum absolute atomic E-state index is 0.00712. The number of aliphatic hydroxyl groups excluding tert-OH is 1. The van der Waals surface area contributed by atoms with Gasteiger partial charge < -0.3 is 9.84 Å². The molecule has 0 radical (unpaired) electrons. The maximum atomic E-state index is 13.6. The quantitative estimate of drug-likeness (QED) is 0.171. The van der Waals surface area contributed by atoms with Crippen LogP contribution < -0.4 is 9.64 Å². The molecule has 1 fully saturated rings. The fraction of sp³-hybridized carbons (Fsp3) is 0.267. The van der Waals surface area contributed by atoms with Gasteiger partial charge in [0.05, 0.1) is 28.4 Å². The summed E-state index contributed by atoms with van der Waals surface area (Å²) in [6, 6.07) is 13.7. The number of ether oxygens (including phenoxy) is 1. The van der Waals surface area contributed by atoms with Crippen molar-refractivity contribution < 1.29 is 19.4 Å². The molecule has 4 aromatic rings. The van der Waals surface area contributed by atoms with Crippen LogP contribution in [0.3, 0.4) is 0 Å². The maximum Gasteiger partial charge on any atom is 0.301 e. The molecule has 38 heavy (non-hydrogen) atoms. The molecule has 2 aromatic carbocycles. The molecule has 1 unspecified atom stereocenters. The lowest BCUT2D eigenvalue weighted by atomic mass is 9.95. The molecule has 7 nitrogen and oxygen atoms in total. The lowest BCUT2D eigenvalue weighted by Crippen LogP contribution is -2.29. The molecular formula is C30H29N3O4S. The standard InChI is InChI=1S/C30H29N3O4S/c1-17(2)10-13-37-22-7-5-6-21(16-22)26-24(27(34)20-8-11-31-12-9-20)28(35)29(36)33(26)30-32-25-19(4)14-18(3)15-23(25)38-30/h5-9,11-12,14-17,26,34H,10,13H2,1-4H3/b27-24-. The molecule has 0 bridgehead atoms. The number of carbonyl (C=O) groups is 2. The average molecular weight is 528 g/mol. The van der Waals surface area contributed by atoms with Gasteiger partial charge in [0.15, 0.2) is 5.13 Å². The molecule has 1 saturated heterocycles. The van der Waals surface area contributed by atoms with Crippen molar-refractivity contribution in [2.45, 2.75) is 40.2 Å². The number of amides is 1. The number of nitrogens with zero attached hydrogens (tertiary/aromatic N) is 3. The molecule has 3 heterocycles. The Kier molecular flexibility index (Phi) is 6.99. The van der Waals surface area contributed by atoms with E-state index in [4.69, 9.17) is 9.72 Å². The van der Waals surface area contributed by atoms with Crippen molar-refractivity contribution in [3.05, 3.63) is 88.8 Å². The highest BCUT2D eigenvalue weighted by Crippen LogP contribution is 2.45. The number of aliphatic hydroxyl groups is 1. The summed E-state index contributed by atoms with van der Waals surface area (Å²) in [6.07, 6.45) is 3.96. The molecule has 0 saturated carbocycles. The van der Waals surface area contributed by atoms with Crippen molar-refractivity contribution in [1.29, 1.82) is 0 Å². The second-order valence-corrected chi connectivity index (χ2v) is 10.9. The smallest absolute Gasteiger partial charge is 0.301 e. The summed E-state index contributed by atoms with van der Waals surface area (Å²) in [4.78, 5) is 37.2. The average Bonchev–Trinajstić information content (AvgIpc) is 3.42. The third kappa shape index (κ3) is 4.79. The lowest BCUT2D eigenvalue weighted by Gasteiger charge is -2.23. The molecule has 8 heteroatoms. The van der Waals surface area contributed by atoms with Crippen molar-refractivity contribution in [1.82, 2.24) is 9.97 Å². The first-order valence-electron chi connectivity index (χ1n) is 12.6. The second kappa shape index (κ2) is 10.4. The Morgan fingerprint density at radius 3 is 2.61 bits per heavy atom. The van der Waals surface area contributed by atoms with E-state index in [0.29, 0.717) is 34.5 Å². The fourth-order valence-electron chi connectivity index (χ4n) is 4.66. The first kappa shape index (κ1) is 25.6. The van der Waals surface area contributed by atoms with Crippen molar-refractivity contribution in [2.24, 2.45) is 5.92 Å². The highest BCUT2D eigenvalue weighted by atomic mass is 32.1. The topological polar surface area (TPSA) is 92.6 Å². The Hall–Kier alpha value is -4.04. The first-order valence-corrected chi connectivity index (χ1v) is 13.4. The zero-order chi connectivity index (χ0) is 27.0. The zero-order valence-electron chi connectivity index (χ0n) is 21.8. The summed E-state index contributed by atoms with van der Waals surface area (Å²) in [5.41, 5.74) is 3.93. The van der Waals surface area contributed by atoms with Crippen LogP contribution in [0, 0.1) is 19.8 Å². The van der Waals surface area contributed by atoms with Crippen LogP contribution in [0.2, 0.25) is 0 Å². The Morgan fingerprint density at radius 2 is 1.87 bits per heavy atom. The number of rotatable bonds is 7. The van der Waals surface area contributed by atoms with E-state index in [2.05, 4.69) is 18.8 Å². The summed E-state index contributed by atoms with van der Waals surface area (Å²) in [6.45, 7) is 8.80. The maximum absolute atomic E-state index is 13.6. The van der Waals surface area contributed by atoms with E-state index in [9.17, 15) is 14.7 Å². The number of anilines is 1. The number of carbonyl (C=O) groups excluding carboxylic acids is 2. The number of fused-ring (bicyclic) bond motifs is 1. The van der Waals surface area contributed by atoms with E-state index in [1.807, 2.05) is 50.2 Å². The zero-order valence-corrected chi connectivity index (χ0v) is 22.6. The van der Waals surface area contributed by atoms with Gasteiger partial charge in [0.25, 0.3) is 5.78 Å². The lowest BCUT2D eigenvalue weighted by molar-refractivity contribution is -0.132. The SMILES string of the molecule is Cc1cc(C)c2nc(N3C(=O)C(=O)/C(=C(\O)c4ccncc4)C3c3cccc(OCCC(C)C)c3)sc2c1. The minimum Gasteiger partial charge on any atom is -0.507 e. The monoisotopic (exact) mass is 527 g/mol. The molecule has 0 spiro atoms. The van der Waals surface area contributed by atoms with E-state index in [0.717, 1.165) is 27.8 Å². The number of hydrogen-bond acceptors (Lipinski definition) is 7. The van der Waals surface area contributed by atoms with Crippen LogP contribution in [-0.4, -0.2) is 33.4 Å².